The van der Waals surface area contributed by atoms with Crippen LogP contribution in [0.4, 0.5) is 0 Å². The molecule has 1 fully saturated rings. The van der Waals surface area contributed by atoms with E-state index in [2.05, 4.69) is 54.3 Å². The molecule has 0 saturated heterocycles. The van der Waals surface area contributed by atoms with Gasteiger partial charge in [-0.15, -0.1) is 0 Å². The first kappa shape index (κ1) is 23.3. The van der Waals surface area contributed by atoms with E-state index >= 15 is 0 Å². The lowest BCUT2D eigenvalue weighted by Gasteiger charge is -2.19. The number of benzene rings is 1. The minimum absolute atomic E-state index is 0.00718. The number of pyridine rings is 1. The van der Waals surface area contributed by atoms with Crippen molar-refractivity contribution in [1.29, 1.82) is 0 Å². The molecule has 1 amide bonds. The van der Waals surface area contributed by atoms with Crippen molar-refractivity contribution < 1.29 is 9.32 Å². The Balaban J connectivity index is 1.31. The second-order valence-corrected chi connectivity index (χ2v) is 10.9. The first-order chi connectivity index (χ1) is 16.8. The number of carbonyl (C=O) groups is 1. The largest absolute Gasteiger partial charge is 0.342 e. The van der Waals surface area contributed by atoms with Gasteiger partial charge in [-0.2, -0.15) is 5.10 Å². The number of fused-ring (bicyclic) bond motifs is 1. The zero-order chi connectivity index (χ0) is 24.6. The van der Waals surface area contributed by atoms with Crippen molar-refractivity contribution in [1.82, 2.24) is 25.2 Å². The van der Waals surface area contributed by atoms with Gasteiger partial charge in [-0.1, -0.05) is 56.3 Å². The van der Waals surface area contributed by atoms with Crippen LogP contribution in [0.2, 0.25) is 0 Å². The van der Waals surface area contributed by atoms with Gasteiger partial charge in [0, 0.05) is 36.5 Å². The molecule has 3 heterocycles. The van der Waals surface area contributed by atoms with Crippen molar-refractivity contribution in [2.75, 3.05) is 13.6 Å². The second-order valence-electron chi connectivity index (χ2n) is 10.9. The number of amides is 1. The van der Waals surface area contributed by atoms with Gasteiger partial charge < -0.3 is 9.42 Å². The van der Waals surface area contributed by atoms with Crippen LogP contribution in [0.15, 0.2) is 47.0 Å². The van der Waals surface area contributed by atoms with Gasteiger partial charge in [0.05, 0.1) is 22.3 Å². The number of hydrogen-bond donors (Lipinski definition) is 1. The summed E-state index contributed by atoms with van der Waals surface area (Å²) in [6, 6.07) is 14.2. The summed E-state index contributed by atoms with van der Waals surface area (Å²) < 4.78 is 5.62. The molecule has 1 aromatic carbocycles. The molecule has 0 spiro atoms. The van der Waals surface area contributed by atoms with Crippen molar-refractivity contribution in [2.45, 2.75) is 58.8 Å². The first-order valence-electron chi connectivity index (χ1n) is 12.4. The molecule has 1 aliphatic rings. The summed E-state index contributed by atoms with van der Waals surface area (Å²) in [7, 11) is 1.87. The predicted molar refractivity (Wildman–Crippen MR) is 136 cm³/mol. The first-order valence-corrected chi connectivity index (χ1v) is 12.4. The maximum absolute atomic E-state index is 13.6. The molecule has 1 N–H and O–H groups in total. The summed E-state index contributed by atoms with van der Waals surface area (Å²) in [4.78, 5) is 20.1. The summed E-state index contributed by atoms with van der Waals surface area (Å²) >= 11 is 0. The van der Waals surface area contributed by atoms with Crippen molar-refractivity contribution >= 4 is 17.0 Å². The van der Waals surface area contributed by atoms with Crippen molar-refractivity contribution in [2.24, 2.45) is 5.41 Å². The number of aromatic amines is 1. The van der Waals surface area contributed by atoms with E-state index in [-0.39, 0.29) is 11.3 Å². The van der Waals surface area contributed by atoms with Gasteiger partial charge in [0.25, 0.3) is 11.6 Å². The molecule has 0 atom stereocenters. The lowest BCUT2D eigenvalue weighted by Crippen LogP contribution is -2.28. The summed E-state index contributed by atoms with van der Waals surface area (Å²) in [5.74, 6) is 0.416. The Morgan fingerprint density at radius 1 is 1.17 bits per heavy atom. The molecule has 35 heavy (non-hydrogen) atoms. The third-order valence-electron chi connectivity index (χ3n) is 6.45. The molecule has 0 unspecified atom stereocenters. The molecule has 4 aromatic rings. The van der Waals surface area contributed by atoms with E-state index < -0.39 is 0 Å². The van der Waals surface area contributed by atoms with E-state index in [1.165, 1.54) is 0 Å². The van der Waals surface area contributed by atoms with Gasteiger partial charge in [-0.3, -0.25) is 9.89 Å². The number of aromatic nitrogens is 4. The van der Waals surface area contributed by atoms with Crippen molar-refractivity contribution in [3.05, 3.63) is 65.1 Å². The molecule has 0 bridgehead atoms. The van der Waals surface area contributed by atoms with Crippen LogP contribution in [0.1, 0.15) is 73.4 Å². The predicted octanol–water partition coefficient (Wildman–Crippen LogP) is 5.78. The monoisotopic (exact) mass is 471 g/mol. The van der Waals surface area contributed by atoms with Gasteiger partial charge in [-0.05, 0) is 49.7 Å². The van der Waals surface area contributed by atoms with E-state index in [9.17, 15) is 4.79 Å². The molecular formula is C28H33N5O2. The van der Waals surface area contributed by atoms with Gasteiger partial charge in [-0.25, -0.2) is 4.98 Å². The van der Waals surface area contributed by atoms with Crippen LogP contribution < -0.4 is 0 Å². The topological polar surface area (TPSA) is 87.9 Å². The van der Waals surface area contributed by atoms with Crippen LogP contribution in [0, 0.1) is 5.41 Å². The van der Waals surface area contributed by atoms with Crippen LogP contribution in [-0.2, 0) is 12.8 Å². The highest BCUT2D eigenvalue weighted by molar-refractivity contribution is 6.06. The Hall–Kier alpha value is -3.48. The average molecular weight is 472 g/mol. The number of carbonyl (C=O) groups excluding carboxylic acids is 1. The van der Waals surface area contributed by atoms with E-state index in [1.807, 2.05) is 31.3 Å². The van der Waals surface area contributed by atoms with Gasteiger partial charge in [0.15, 0.2) is 0 Å². The zero-order valence-electron chi connectivity index (χ0n) is 21.0. The molecule has 7 heteroatoms. The number of nitrogens with one attached hydrogen (secondary N) is 1. The minimum Gasteiger partial charge on any atom is -0.342 e. The molecule has 3 aromatic heterocycles. The summed E-state index contributed by atoms with van der Waals surface area (Å²) in [6.45, 7) is 7.12. The number of nitrogens with zero attached hydrogens (tertiary/aromatic N) is 4. The van der Waals surface area contributed by atoms with E-state index in [0.29, 0.717) is 23.7 Å². The molecule has 1 aliphatic carbocycles. The standard InChI is InChI=1S/C28H33N5O2/c1-28(2,3)17-24-25-21(16-22(19-12-13-19)29-26(25)35-32-24)27(34)33(4)14-8-11-20-15-23(31-30-20)18-9-6-5-7-10-18/h5-7,9-10,15-16,19H,8,11-14,17H2,1-4H3,(H,30,31). The van der Waals surface area contributed by atoms with Gasteiger partial charge in [0.1, 0.15) is 0 Å². The van der Waals surface area contributed by atoms with E-state index in [0.717, 1.165) is 65.8 Å². The molecule has 5 rings (SSSR count). The normalized spacial score (nSPS) is 13.9. The lowest BCUT2D eigenvalue weighted by molar-refractivity contribution is 0.0795. The molecular weight excluding hydrogens is 438 g/mol. The fourth-order valence-corrected chi connectivity index (χ4v) is 4.47. The Bertz CT molecular complexity index is 1330. The molecule has 7 nitrogen and oxygen atoms in total. The highest BCUT2D eigenvalue weighted by atomic mass is 16.5. The van der Waals surface area contributed by atoms with Crippen molar-refractivity contribution in [3.8, 4) is 11.3 Å². The summed E-state index contributed by atoms with van der Waals surface area (Å²) in [5, 5.41) is 12.6. The Labute approximate surface area is 205 Å². The Morgan fingerprint density at radius 2 is 1.94 bits per heavy atom. The summed E-state index contributed by atoms with van der Waals surface area (Å²) in [6.07, 6.45) is 4.60. The second kappa shape index (κ2) is 9.29. The molecule has 0 aliphatic heterocycles. The SMILES string of the molecule is CN(CCCc1cc(-c2ccccc2)n[nH]1)C(=O)c1cc(C2CC2)nc2onc(CC(C)(C)C)c12. The van der Waals surface area contributed by atoms with Crippen LogP contribution in [-0.4, -0.2) is 44.7 Å². The molecule has 1 saturated carbocycles. The number of aryl methyl sites for hydroxylation is 1. The Morgan fingerprint density at radius 3 is 2.66 bits per heavy atom. The van der Waals surface area contributed by atoms with Crippen LogP contribution >= 0.6 is 0 Å². The third kappa shape index (κ3) is 5.29. The van der Waals surface area contributed by atoms with Crippen LogP contribution in [0.3, 0.4) is 0 Å². The smallest absolute Gasteiger partial charge is 0.259 e. The minimum atomic E-state index is -0.00718. The number of H-pyrrole nitrogens is 1. The van der Waals surface area contributed by atoms with Gasteiger partial charge >= 0.3 is 0 Å². The quantitative estimate of drug-likeness (QED) is 0.352. The van der Waals surface area contributed by atoms with E-state index in [4.69, 9.17) is 9.51 Å². The van der Waals surface area contributed by atoms with Crippen molar-refractivity contribution in [3.63, 3.8) is 0 Å². The highest BCUT2D eigenvalue weighted by Gasteiger charge is 2.30. The third-order valence-corrected chi connectivity index (χ3v) is 6.45. The summed E-state index contributed by atoms with van der Waals surface area (Å²) in [5.41, 5.74) is 6.02. The maximum atomic E-state index is 13.6. The fourth-order valence-electron chi connectivity index (χ4n) is 4.47. The number of hydrogen-bond acceptors (Lipinski definition) is 5. The number of rotatable bonds is 8. The zero-order valence-corrected chi connectivity index (χ0v) is 21.0. The lowest BCUT2D eigenvalue weighted by atomic mass is 9.89. The maximum Gasteiger partial charge on any atom is 0.259 e. The van der Waals surface area contributed by atoms with E-state index in [1.54, 1.807) is 4.90 Å². The van der Waals surface area contributed by atoms with Gasteiger partial charge in [0.2, 0.25) is 0 Å². The van der Waals surface area contributed by atoms with Crippen LogP contribution in [0.5, 0.6) is 0 Å². The molecule has 182 valence electrons. The molecule has 0 radical (unpaired) electrons. The fraction of sp³-hybridized carbons (Fsp3) is 0.429. The average Bonchev–Trinajstić information content (AvgIpc) is 3.46. The Kier molecular flexibility index (Phi) is 6.17. The highest BCUT2D eigenvalue weighted by Crippen LogP contribution is 2.41. The van der Waals surface area contributed by atoms with Crippen LogP contribution in [0.25, 0.3) is 22.4 Å².